The first kappa shape index (κ1) is 27.2. The van der Waals surface area contributed by atoms with Crippen LogP contribution < -0.4 is 10.6 Å². The Kier molecular flexibility index (Phi) is 7.51. The molecule has 1 heterocycles. The minimum atomic E-state index is -0.631. The predicted molar refractivity (Wildman–Crippen MR) is 158 cm³/mol. The summed E-state index contributed by atoms with van der Waals surface area (Å²) in [6, 6.07) is 21.1. The fourth-order valence-electron chi connectivity index (χ4n) is 5.77. The molecule has 40 heavy (non-hydrogen) atoms. The molecule has 0 amide bonds. The molecule has 2 N–H and O–H groups in total. The number of nitrogens with two attached hydrogens (primary N) is 1. The smallest absolute Gasteiger partial charge is 0.293 e. The van der Waals surface area contributed by atoms with E-state index in [0.29, 0.717) is 30.5 Å². The fourth-order valence-corrected chi connectivity index (χ4v) is 6.85. The van der Waals surface area contributed by atoms with Crippen molar-refractivity contribution < 1.29 is 9.72 Å². The first-order chi connectivity index (χ1) is 19.2. The Morgan fingerprint density at radius 2 is 1.82 bits per heavy atom. The number of anilines is 1. The molecule has 0 fully saturated rings. The van der Waals surface area contributed by atoms with E-state index in [2.05, 4.69) is 31.2 Å². The van der Waals surface area contributed by atoms with Gasteiger partial charge in [-0.1, -0.05) is 48.0 Å². The van der Waals surface area contributed by atoms with Crippen LogP contribution >= 0.6 is 11.8 Å². The van der Waals surface area contributed by atoms with Crippen molar-refractivity contribution in [2.75, 3.05) is 4.90 Å². The van der Waals surface area contributed by atoms with E-state index in [0.717, 1.165) is 28.0 Å². The summed E-state index contributed by atoms with van der Waals surface area (Å²) in [5.41, 5.74) is 13.5. The van der Waals surface area contributed by atoms with Crippen LogP contribution in [-0.2, 0) is 10.5 Å². The van der Waals surface area contributed by atoms with Crippen molar-refractivity contribution in [2.45, 2.75) is 56.6 Å². The Labute approximate surface area is 238 Å². The Morgan fingerprint density at radius 1 is 1.10 bits per heavy atom. The number of nitro benzene ring substituents is 1. The maximum atomic E-state index is 13.6. The normalized spacial score (nSPS) is 17.1. The van der Waals surface area contributed by atoms with Gasteiger partial charge in [-0.05, 0) is 68.0 Å². The van der Waals surface area contributed by atoms with Crippen LogP contribution in [0.3, 0.4) is 0 Å². The molecule has 0 saturated carbocycles. The SMILES string of the molecule is Cc1cc(CSc2ccccc2C)c(C)c(C2C(C#N)=C(N)N(c3ccccc3[N+](=O)[O-])C3=C2C(=O)CCC3)c1. The summed E-state index contributed by atoms with van der Waals surface area (Å²) < 4.78 is 0. The monoisotopic (exact) mass is 550 g/mol. The van der Waals surface area contributed by atoms with E-state index in [1.54, 1.807) is 34.9 Å². The van der Waals surface area contributed by atoms with E-state index in [-0.39, 0.29) is 28.6 Å². The van der Waals surface area contributed by atoms with Gasteiger partial charge in [0.15, 0.2) is 5.78 Å². The maximum absolute atomic E-state index is 13.6. The molecule has 8 heteroatoms. The van der Waals surface area contributed by atoms with Crippen LogP contribution in [0.4, 0.5) is 11.4 Å². The van der Waals surface area contributed by atoms with Gasteiger partial charge in [-0.15, -0.1) is 11.8 Å². The highest BCUT2D eigenvalue weighted by Crippen LogP contribution is 2.49. The summed E-state index contributed by atoms with van der Waals surface area (Å²) in [5.74, 6) is 0.189. The van der Waals surface area contributed by atoms with Crippen molar-refractivity contribution in [3.05, 3.63) is 121 Å². The second kappa shape index (κ2) is 11.0. The molecular weight excluding hydrogens is 520 g/mol. The first-order valence-corrected chi connectivity index (χ1v) is 14.2. The maximum Gasteiger partial charge on any atom is 0.293 e. The number of allylic oxidation sites excluding steroid dienone is 3. The zero-order valence-corrected chi connectivity index (χ0v) is 23.5. The lowest BCUT2D eigenvalue weighted by atomic mass is 9.73. The van der Waals surface area contributed by atoms with Crippen LogP contribution in [0.1, 0.15) is 53.0 Å². The fraction of sp³-hybridized carbons (Fsp3) is 0.250. The minimum Gasteiger partial charge on any atom is -0.384 e. The van der Waals surface area contributed by atoms with Gasteiger partial charge in [0.1, 0.15) is 11.5 Å². The second-order valence-electron chi connectivity index (χ2n) is 10.3. The number of rotatable bonds is 6. The lowest BCUT2D eigenvalue weighted by molar-refractivity contribution is -0.384. The summed E-state index contributed by atoms with van der Waals surface area (Å²) in [4.78, 5) is 27.8. The number of ketones is 1. The molecule has 3 aromatic rings. The summed E-state index contributed by atoms with van der Waals surface area (Å²) in [7, 11) is 0. The van der Waals surface area contributed by atoms with Gasteiger partial charge >= 0.3 is 0 Å². The third kappa shape index (κ3) is 4.78. The number of benzene rings is 3. The summed E-state index contributed by atoms with van der Waals surface area (Å²) in [6.07, 6.45) is 1.51. The highest BCUT2D eigenvalue weighted by atomic mass is 32.2. The largest absolute Gasteiger partial charge is 0.384 e. The molecule has 0 radical (unpaired) electrons. The molecule has 0 saturated heterocycles. The number of nitro groups is 1. The molecule has 2 aliphatic rings. The van der Waals surface area contributed by atoms with E-state index in [9.17, 15) is 20.2 Å². The van der Waals surface area contributed by atoms with Gasteiger partial charge in [0.2, 0.25) is 0 Å². The van der Waals surface area contributed by atoms with Crippen molar-refractivity contribution in [2.24, 2.45) is 5.73 Å². The molecular formula is C32H30N4O3S. The van der Waals surface area contributed by atoms with Crippen molar-refractivity contribution >= 4 is 28.9 Å². The average Bonchev–Trinajstić information content (AvgIpc) is 2.93. The van der Waals surface area contributed by atoms with Crippen molar-refractivity contribution in [3.63, 3.8) is 0 Å². The Bertz CT molecular complexity index is 1650. The van der Waals surface area contributed by atoms with E-state index in [4.69, 9.17) is 5.73 Å². The number of carbonyl (C=O) groups is 1. The van der Waals surface area contributed by atoms with Gasteiger partial charge in [0, 0.05) is 34.4 Å². The quantitative estimate of drug-likeness (QED) is 0.197. The number of Topliss-reactive ketones (excluding diaryl/α,β-unsaturated/α-hetero) is 1. The van der Waals surface area contributed by atoms with Gasteiger partial charge in [-0.25, -0.2) is 0 Å². The molecule has 3 aromatic carbocycles. The van der Waals surface area contributed by atoms with Gasteiger partial charge in [-0.3, -0.25) is 19.8 Å². The predicted octanol–water partition coefficient (Wildman–Crippen LogP) is 7.12. The number of carbonyl (C=O) groups excluding carboxylic acids is 1. The molecule has 1 unspecified atom stereocenters. The zero-order valence-electron chi connectivity index (χ0n) is 22.7. The van der Waals surface area contributed by atoms with Crippen molar-refractivity contribution in [3.8, 4) is 6.07 Å². The van der Waals surface area contributed by atoms with E-state index < -0.39 is 10.8 Å². The topological polar surface area (TPSA) is 113 Å². The van der Waals surface area contributed by atoms with Crippen LogP contribution in [-0.4, -0.2) is 10.7 Å². The minimum absolute atomic E-state index is 0.0492. The molecule has 5 rings (SSSR count). The number of thioether (sulfide) groups is 1. The van der Waals surface area contributed by atoms with Crippen LogP contribution in [0.25, 0.3) is 0 Å². The number of hydrogen-bond donors (Lipinski definition) is 1. The van der Waals surface area contributed by atoms with Gasteiger partial charge in [-0.2, -0.15) is 5.26 Å². The highest BCUT2D eigenvalue weighted by Gasteiger charge is 2.42. The Balaban J connectivity index is 1.67. The van der Waals surface area contributed by atoms with E-state index >= 15 is 0 Å². The van der Waals surface area contributed by atoms with E-state index in [1.807, 2.05) is 32.0 Å². The van der Waals surface area contributed by atoms with Crippen LogP contribution in [0, 0.1) is 42.2 Å². The molecule has 0 aromatic heterocycles. The van der Waals surface area contributed by atoms with Crippen LogP contribution in [0.2, 0.25) is 0 Å². The third-order valence-corrected chi connectivity index (χ3v) is 8.94. The van der Waals surface area contributed by atoms with Crippen LogP contribution in [0.15, 0.2) is 88.2 Å². The Morgan fingerprint density at radius 3 is 2.55 bits per heavy atom. The second-order valence-corrected chi connectivity index (χ2v) is 11.3. The lowest BCUT2D eigenvalue weighted by Gasteiger charge is -2.39. The number of para-hydroxylation sites is 2. The van der Waals surface area contributed by atoms with Crippen molar-refractivity contribution in [1.82, 2.24) is 0 Å². The summed E-state index contributed by atoms with van der Waals surface area (Å²) in [5, 5.41) is 22.3. The molecule has 7 nitrogen and oxygen atoms in total. The van der Waals surface area contributed by atoms with Crippen LogP contribution in [0.5, 0.6) is 0 Å². The Hall–Kier alpha value is -4.35. The lowest BCUT2D eigenvalue weighted by Crippen LogP contribution is -2.39. The summed E-state index contributed by atoms with van der Waals surface area (Å²) >= 11 is 1.76. The number of nitrogens with zero attached hydrogens (tertiary/aromatic N) is 3. The standard InChI is InChI=1S/C32H30N4O3S/c1-19-15-22(18-40-29-14-7-4-9-20(29)2)21(3)23(16-19)30-24(17-33)32(34)35(27-12-8-13-28(37)31(27)30)25-10-5-6-11-26(25)36(38)39/h4-7,9-11,14-16,30H,8,12-13,18,34H2,1-3H3. The van der Waals surface area contributed by atoms with Gasteiger partial charge in [0.25, 0.3) is 5.69 Å². The molecule has 1 aliphatic carbocycles. The van der Waals surface area contributed by atoms with E-state index in [1.165, 1.54) is 16.5 Å². The molecule has 1 atom stereocenters. The number of nitriles is 1. The molecule has 0 bridgehead atoms. The molecule has 202 valence electrons. The third-order valence-electron chi connectivity index (χ3n) is 7.72. The molecule has 1 aliphatic heterocycles. The van der Waals surface area contributed by atoms with Gasteiger partial charge < -0.3 is 5.73 Å². The zero-order chi connectivity index (χ0) is 28.6. The molecule has 0 spiro atoms. The first-order valence-electron chi connectivity index (χ1n) is 13.2. The number of aryl methyl sites for hydroxylation is 2. The number of hydrogen-bond acceptors (Lipinski definition) is 7. The summed E-state index contributed by atoms with van der Waals surface area (Å²) in [6.45, 7) is 6.15. The average molecular weight is 551 g/mol. The highest BCUT2D eigenvalue weighted by molar-refractivity contribution is 7.98. The van der Waals surface area contributed by atoms with Gasteiger partial charge in [0.05, 0.1) is 22.5 Å². The van der Waals surface area contributed by atoms with Crippen molar-refractivity contribution in [1.29, 1.82) is 5.26 Å².